The number of benzene rings is 1. The first-order chi connectivity index (χ1) is 9.51. The number of aryl methyl sites for hydroxylation is 1. The highest BCUT2D eigenvalue weighted by Gasteiger charge is 2.12. The van der Waals surface area contributed by atoms with E-state index < -0.39 is 5.97 Å². The molecule has 1 aromatic heterocycles. The van der Waals surface area contributed by atoms with Crippen LogP contribution in [0, 0.1) is 6.92 Å². The zero-order valence-corrected chi connectivity index (χ0v) is 11.8. The number of thiophene rings is 1. The van der Waals surface area contributed by atoms with Crippen LogP contribution in [-0.2, 0) is 0 Å². The van der Waals surface area contributed by atoms with Gasteiger partial charge in [0.25, 0.3) is 5.91 Å². The zero-order chi connectivity index (χ0) is 14.7. The SMILES string of the molecule is COc1cc(C(=O)Nc2ccc(C(=O)O)s2)ccc1C. The highest BCUT2D eigenvalue weighted by molar-refractivity contribution is 7.18. The van der Waals surface area contributed by atoms with Gasteiger partial charge >= 0.3 is 5.97 Å². The quantitative estimate of drug-likeness (QED) is 0.908. The van der Waals surface area contributed by atoms with Gasteiger partial charge in [-0.2, -0.15) is 0 Å². The van der Waals surface area contributed by atoms with Crippen molar-refractivity contribution in [2.24, 2.45) is 0 Å². The molecule has 0 aliphatic heterocycles. The molecule has 5 nitrogen and oxygen atoms in total. The number of carbonyl (C=O) groups is 2. The first-order valence-corrected chi connectivity index (χ1v) is 6.62. The van der Waals surface area contributed by atoms with Crippen LogP contribution in [0.3, 0.4) is 0 Å². The molecule has 2 N–H and O–H groups in total. The predicted octanol–water partition coefficient (Wildman–Crippen LogP) is 3.02. The van der Waals surface area contributed by atoms with E-state index in [2.05, 4.69) is 5.32 Å². The number of anilines is 1. The lowest BCUT2D eigenvalue weighted by Gasteiger charge is -2.07. The van der Waals surface area contributed by atoms with E-state index in [9.17, 15) is 9.59 Å². The lowest BCUT2D eigenvalue weighted by molar-refractivity contribution is 0.0702. The Hall–Kier alpha value is -2.34. The lowest BCUT2D eigenvalue weighted by Crippen LogP contribution is -2.11. The van der Waals surface area contributed by atoms with Crippen molar-refractivity contribution in [3.63, 3.8) is 0 Å². The Morgan fingerprint density at radius 2 is 2.00 bits per heavy atom. The summed E-state index contributed by atoms with van der Waals surface area (Å²) >= 11 is 1.01. The number of carboxylic acid groups (broad SMARTS) is 1. The van der Waals surface area contributed by atoms with Gasteiger partial charge in [-0.15, -0.1) is 11.3 Å². The van der Waals surface area contributed by atoms with Gasteiger partial charge in [-0.1, -0.05) is 6.07 Å². The molecule has 0 radical (unpaired) electrons. The van der Waals surface area contributed by atoms with E-state index in [0.717, 1.165) is 16.9 Å². The Labute approximate surface area is 119 Å². The molecule has 0 aliphatic rings. The lowest BCUT2D eigenvalue weighted by atomic mass is 10.1. The van der Waals surface area contributed by atoms with Crippen LogP contribution in [0.1, 0.15) is 25.6 Å². The molecule has 0 spiro atoms. The summed E-state index contributed by atoms with van der Waals surface area (Å²) in [6, 6.07) is 8.16. The Kier molecular flexibility index (Phi) is 4.05. The van der Waals surface area contributed by atoms with Crippen LogP contribution in [-0.4, -0.2) is 24.1 Å². The number of methoxy groups -OCH3 is 1. The summed E-state index contributed by atoms with van der Waals surface area (Å²) in [5.41, 5.74) is 1.39. The second kappa shape index (κ2) is 5.75. The predicted molar refractivity (Wildman–Crippen MR) is 77.0 cm³/mol. The minimum Gasteiger partial charge on any atom is -0.496 e. The van der Waals surface area contributed by atoms with Crippen molar-refractivity contribution in [2.45, 2.75) is 6.92 Å². The molecule has 0 saturated carbocycles. The number of nitrogens with one attached hydrogen (secondary N) is 1. The molecule has 0 aliphatic carbocycles. The average molecular weight is 291 g/mol. The second-order valence-electron chi connectivity index (χ2n) is 4.11. The van der Waals surface area contributed by atoms with Gasteiger partial charge in [0.1, 0.15) is 10.6 Å². The Morgan fingerprint density at radius 3 is 2.60 bits per heavy atom. The van der Waals surface area contributed by atoms with Crippen molar-refractivity contribution < 1.29 is 19.4 Å². The summed E-state index contributed by atoms with van der Waals surface area (Å²) in [6.07, 6.45) is 0. The number of amides is 1. The molecule has 6 heteroatoms. The third-order valence-electron chi connectivity index (χ3n) is 2.72. The van der Waals surface area contributed by atoms with E-state index >= 15 is 0 Å². The number of ether oxygens (including phenoxy) is 1. The van der Waals surface area contributed by atoms with E-state index in [1.807, 2.05) is 6.92 Å². The molecule has 1 heterocycles. The van der Waals surface area contributed by atoms with Crippen LogP contribution in [0.2, 0.25) is 0 Å². The van der Waals surface area contributed by atoms with E-state index in [4.69, 9.17) is 9.84 Å². The van der Waals surface area contributed by atoms with E-state index in [1.54, 1.807) is 31.4 Å². The summed E-state index contributed by atoms with van der Waals surface area (Å²) in [7, 11) is 1.54. The average Bonchev–Trinajstić information content (AvgIpc) is 2.88. The third-order valence-corrected chi connectivity index (χ3v) is 3.71. The van der Waals surface area contributed by atoms with Crippen LogP contribution in [0.5, 0.6) is 5.75 Å². The minimum atomic E-state index is -1.01. The summed E-state index contributed by atoms with van der Waals surface area (Å²) in [6.45, 7) is 1.89. The number of hydrogen-bond donors (Lipinski definition) is 2. The monoisotopic (exact) mass is 291 g/mol. The van der Waals surface area contributed by atoms with Crippen molar-refractivity contribution in [1.82, 2.24) is 0 Å². The molecule has 20 heavy (non-hydrogen) atoms. The molecule has 0 atom stereocenters. The molecule has 0 fully saturated rings. The van der Waals surface area contributed by atoms with Crippen LogP contribution in [0.4, 0.5) is 5.00 Å². The molecule has 104 valence electrons. The smallest absolute Gasteiger partial charge is 0.345 e. The molecule has 2 aromatic rings. The van der Waals surface area contributed by atoms with Gasteiger partial charge in [-0.3, -0.25) is 4.79 Å². The number of rotatable bonds is 4. The van der Waals surface area contributed by atoms with Gasteiger partial charge in [0.2, 0.25) is 0 Å². The molecule has 0 unspecified atom stereocenters. The first kappa shape index (κ1) is 14.1. The van der Waals surface area contributed by atoms with Gasteiger partial charge in [0.05, 0.1) is 12.1 Å². The third kappa shape index (κ3) is 2.97. The van der Waals surface area contributed by atoms with Crippen LogP contribution >= 0.6 is 11.3 Å². The van der Waals surface area contributed by atoms with E-state index in [1.165, 1.54) is 6.07 Å². The van der Waals surface area contributed by atoms with Gasteiger partial charge in [-0.25, -0.2) is 4.79 Å². The fourth-order valence-corrected chi connectivity index (χ4v) is 2.41. The topological polar surface area (TPSA) is 75.6 Å². The molecular weight excluding hydrogens is 278 g/mol. The Balaban J connectivity index is 2.17. The minimum absolute atomic E-state index is 0.182. The molecule has 0 bridgehead atoms. The number of hydrogen-bond acceptors (Lipinski definition) is 4. The largest absolute Gasteiger partial charge is 0.496 e. The maximum absolute atomic E-state index is 12.1. The molecule has 0 saturated heterocycles. The molecule has 1 amide bonds. The summed E-state index contributed by atoms with van der Waals surface area (Å²) in [5.74, 6) is -0.676. The Morgan fingerprint density at radius 1 is 1.25 bits per heavy atom. The van der Waals surface area contributed by atoms with Crippen LogP contribution < -0.4 is 10.1 Å². The van der Waals surface area contributed by atoms with E-state index in [-0.39, 0.29) is 10.8 Å². The van der Waals surface area contributed by atoms with Crippen molar-refractivity contribution in [3.8, 4) is 5.75 Å². The van der Waals surface area contributed by atoms with Gasteiger partial charge in [0, 0.05) is 5.56 Å². The second-order valence-corrected chi connectivity index (χ2v) is 5.19. The fourth-order valence-electron chi connectivity index (χ4n) is 1.67. The van der Waals surface area contributed by atoms with Crippen molar-refractivity contribution >= 4 is 28.2 Å². The number of aromatic carboxylic acids is 1. The molecule has 1 aromatic carbocycles. The highest BCUT2D eigenvalue weighted by atomic mass is 32.1. The van der Waals surface area contributed by atoms with Gasteiger partial charge in [-0.05, 0) is 36.8 Å². The van der Waals surface area contributed by atoms with Gasteiger partial charge < -0.3 is 15.2 Å². The van der Waals surface area contributed by atoms with Crippen LogP contribution in [0.15, 0.2) is 30.3 Å². The maximum atomic E-state index is 12.1. The summed E-state index contributed by atoms with van der Waals surface area (Å²) in [5, 5.41) is 12.0. The number of carboxylic acids is 1. The zero-order valence-electron chi connectivity index (χ0n) is 11.0. The summed E-state index contributed by atoms with van der Waals surface area (Å²) < 4.78 is 5.17. The van der Waals surface area contributed by atoms with Crippen molar-refractivity contribution in [3.05, 3.63) is 46.3 Å². The molecular formula is C14H13NO4S. The standard InChI is InChI=1S/C14H13NO4S/c1-8-3-4-9(7-10(8)19-2)13(16)15-12-6-5-11(20-12)14(17)18/h3-7H,1-2H3,(H,15,16)(H,17,18). The van der Waals surface area contributed by atoms with Crippen molar-refractivity contribution in [1.29, 1.82) is 0 Å². The van der Waals surface area contributed by atoms with E-state index in [0.29, 0.717) is 16.3 Å². The first-order valence-electron chi connectivity index (χ1n) is 5.80. The maximum Gasteiger partial charge on any atom is 0.345 e. The highest BCUT2D eigenvalue weighted by Crippen LogP contribution is 2.24. The van der Waals surface area contributed by atoms with Crippen LogP contribution in [0.25, 0.3) is 0 Å². The summed E-state index contributed by atoms with van der Waals surface area (Å²) in [4.78, 5) is 23.0. The number of carbonyl (C=O) groups excluding carboxylic acids is 1. The van der Waals surface area contributed by atoms with Crippen molar-refractivity contribution in [2.75, 3.05) is 12.4 Å². The van der Waals surface area contributed by atoms with Gasteiger partial charge in [0.15, 0.2) is 0 Å². The Bertz CT molecular complexity index is 663. The fraction of sp³-hybridized carbons (Fsp3) is 0.143. The normalized spacial score (nSPS) is 10.1. The molecule has 2 rings (SSSR count).